The van der Waals surface area contributed by atoms with E-state index in [0.717, 1.165) is 0 Å². The Bertz CT molecular complexity index is 526. The molecule has 1 aromatic rings. The smallest absolute Gasteiger partial charge is 0.245 e. The van der Waals surface area contributed by atoms with Gasteiger partial charge in [0.2, 0.25) is 10.0 Å². The van der Waals surface area contributed by atoms with E-state index in [-0.39, 0.29) is 23.1 Å². The first kappa shape index (κ1) is 12.6. The van der Waals surface area contributed by atoms with E-state index in [2.05, 4.69) is 0 Å². The zero-order chi connectivity index (χ0) is 12.6. The molecule has 1 aromatic carbocycles. The summed E-state index contributed by atoms with van der Waals surface area (Å²) in [7, 11) is -3.59. The molecule has 0 bridgehead atoms. The third-order valence-electron chi connectivity index (χ3n) is 2.78. The molecular weight excluding hydrogens is 264 g/mol. The lowest BCUT2D eigenvalue weighted by Gasteiger charge is -2.37. The number of halogens is 1. The quantitative estimate of drug-likeness (QED) is 0.789. The van der Waals surface area contributed by atoms with Crippen molar-refractivity contribution in [1.82, 2.24) is 4.31 Å². The van der Waals surface area contributed by atoms with E-state index < -0.39 is 10.0 Å². The molecule has 0 atom stereocenters. The molecule has 1 aliphatic rings. The minimum Gasteiger partial charge on any atom is -0.398 e. The van der Waals surface area contributed by atoms with Crippen molar-refractivity contribution in [2.75, 3.05) is 25.4 Å². The van der Waals surface area contributed by atoms with Gasteiger partial charge in [0.05, 0.1) is 5.69 Å². The summed E-state index contributed by atoms with van der Waals surface area (Å²) in [6, 6.07) is 4.36. The Labute approximate surface area is 105 Å². The second kappa shape index (κ2) is 4.45. The molecular formula is C10H13ClN2O3S. The summed E-state index contributed by atoms with van der Waals surface area (Å²) in [6.07, 6.45) is 0. The van der Waals surface area contributed by atoms with E-state index in [1.165, 1.54) is 16.4 Å². The molecule has 0 aromatic heterocycles. The summed E-state index contributed by atoms with van der Waals surface area (Å²) in [6.45, 7) is 0.645. The molecule has 0 spiro atoms. The topological polar surface area (TPSA) is 83.6 Å². The summed E-state index contributed by atoms with van der Waals surface area (Å²) in [5.74, 6) is 0.0187. The van der Waals surface area contributed by atoms with Gasteiger partial charge in [-0.2, -0.15) is 4.31 Å². The number of aliphatic hydroxyl groups excluding tert-OH is 1. The second-order valence-corrected chi connectivity index (χ2v) is 6.40. The highest BCUT2D eigenvalue weighted by Crippen LogP contribution is 2.29. The fraction of sp³-hybridized carbons (Fsp3) is 0.400. The molecule has 0 unspecified atom stereocenters. The van der Waals surface area contributed by atoms with Crippen LogP contribution >= 0.6 is 11.6 Å². The zero-order valence-electron chi connectivity index (χ0n) is 9.01. The predicted molar refractivity (Wildman–Crippen MR) is 65.2 cm³/mol. The Balaban J connectivity index is 2.30. The Kier molecular flexibility index (Phi) is 3.31. The van der Waals surface area contributed by atoms with Crippen molar-refractivity contribution in [3.63, 3.8) is 0 Å². The number of sulfonamides is 1. The van der Waals surface area contributed by atoms with Crippen LogP contribution in [0.15, 0.2) is 23.1 Å². The summed E-state index contributed by atoms with van der Waals surface area (Å²) >= 11 is 5.77. The number of aliphatic hydroxyl groups is 1. The first-order chi connectivity index (χ1) is 7.95. The van der Waals surface area contributed by atoms with E-state index in [4.69, 9.17) is 22.4 Å². The predicted octanol–water partition coefficient (Wildman–Crippen LogP) is 0.535. The molecule has 1 fully saturated rings. The van der Waals surface area contributed by atoms with Crippen molar-refractivity contribution in [2.24, 2.45) is 5.92 Å². The molecule has 5 nitrogen and oxygen atoms in total. The van der Waals surface area contributed by atoms with Crippen LogP contribution in [0.25, 0.3) is 0 Å². The SMILES string of the molecule is Nc1ccc(Cl)cc1S(=O)(=O)N1CC(CO)C1. The van der Waals surface area contributed by atoms with Crippen molar-refractivity contribution in [3.8, 4) is 0 Å². The fourth-order valence-corrected chi connectivity index (χ4v) is 3.68. The lowest BCUT2D eigenvalue weighted by molar-refractivity contribution is 0.117. The van der Waals surface area contributed by atoms with Crippen molar-refractivity contribution in [2.45, 2.75) is 4.90 Å². The van der Waals surface area contributed by atoms with Gasteiger partial charge in [-0.1, -0.05) is 11.6 Å². The summed E-state index contributed by atoms with van der Waals surface area (Å²) in [5, 5.41) is 9.20. The lowest BCUT2D eigenvalue weighted by atomic mass is 10.1. The van der Waals surface area contributed by atoms with E-state index >= 15 is 0 Å². The van der Waals surface area contributed by atoms with E-state index in [9.17, 15) is 8.42 Å². The normalized spacial score (nSPS) is 18.0. The van der Waals surface area contributed by atoms with Gasteiger partial charge in [-0.3, -0.25) is 0 Å². The van der Waals surface area contributed by atoms with Gasteiger partial charge in [0.1, 0.15) is 4.90 Å². The molecule has 1 heterocycles. The minimum absolute atomic E-state index is 0.00293. The van der Waals surface area contributed by atoms with Gasteiger partial charge < -0.3 is 10.8 Å². The number of hydrogen-bond acceptors (Lipinski definition) is 4. The first-order valence-corrected chi connectivity index (χ1v) is 6.93. The maximum absolute atomic E-state index is 12.2. The standard InChI is InChI=1S/C10H13ClN2O3S/c11-8-1-2-9(12)10(3-8)17(15,16)13-4-7(5-13)6-14/h1-3,7,14H,4-6,12H2. The fourth-order valence-electron chi connectivity index (χ4n) is 1.70. The number of nitrogen functional groups attached to an aromatic ring is 1. The van der Waals surface area contributed by atoms with Crippen molar-refractivity contribution >= 4 is 27.3 Å². The van der Waals surface area contributed by atoms with E-state index in [0.29, 0.717) is 18.1 Å². The highest BCUT2D eigenvalue weighted by molar-refractivity contribution is 7.89. The van der Waals surface area contributed by atoms with Crippen LogP contribution in [0.3, 0.4) is 0 Å². The number of rotatable bonds is 3. The average molecular weight is 277 g/mol. The van der Waals surface area contributed by atoms with Gasteiger partial charge in [0.15, 0.2) is 0 Å². The van der Waals surface area contributed by atoms with Crippen LogP contribution in [-0.4, -0.2) is 37.5 Å². The molecule has 17 heavy (non-hydrogen) atoms. The molecule has 94 valence electrons. The van der Waals surface area contributed by atoms with Gasteiger partial charge in [-0.25, -0.2) is 8.42 Å². The minimum atomic E-state index is -3.59. The lowest BCUT2D eigenvalue weighted by Crippen LogP contribution is -2.51. The highest BCUT2D eigenvalue weighted by atomic mass is 35.5. The third kappa shape index (κ3) is 2.26. The van der Waals surface area contributed by atoms with Gasteiger partial charge in [-0.05, 0) is 18.2 Å². The molecule has 2 rings (SSSR count). The van der Waals surface area contributed by atoms with Crippen LogP contribution in [0.5, 0.6) is 0 Å². The third-order valence-corrected chi connectivity index (χ3v) is 4.90. The molecule has 7 heteroatoms. The molecule has 3 N–H and O–H groups in total. The van der Waals surface area contributed by atoms with Crippen LogP contribution < -0.4 is 5.73 Å². The van der Waals surface area contributed by atoms with Crippen molar-refractivity contribution in [1.29, 1.82) is 0 Å². The highest BCUT2D eigenvalue weighted by Gasteiger charge is 2.37. The van der Waals surface area contributed by atoms with Gasteiger partial charge >= 0.3 is 0 Å². The number of hydrogen-bond donors (Lipinski definition) is 2. The van der Waals surface area contributed by atoms with Crippen LogP contribution in [0.4, 0.5) is 5.69 Å². The number of nitrogens with two attached hydrogens (primary N) is 1. The largest absolute Gasteiger partial charge is 0.398 e. The van der Waals surface area contributed by atoms with Crippen LogP contribution in [0, 0.1) is 5.92 Å². The van der Waals surface area contributed by atoms with E-state index in [1.807, 2.05) is 0 Å². The molecule has 1 saturated heterocycles. The number of nitrogens with zero attached hydrogens (tertiary/aromatic N) is 1. The Hall–Kier alpha value is -0.820. The maximum Gasteiger partial charge on any atom is 0.245 e. The van der Waals surface area contributed by atoms with Crippen molar-refractivity contribution < 1.29 is 13.5 Å². The maximum atomic E-state index is 12.2. The van der Waals surface area contributed by atoms with Crippen LogP contribution in [-0.2, 0) is 10.0 Å². The first-order valence-electron chi connectivity index (χ1n) is 5.11. The zero-order valence-corrected chi connectivity index (χ0v) is 10.6. The van der Waals surface area contributed by atoms with Crippen LogP contribution in [0.2, 0.25) is 5.02 Å². The monoisotopic (exact) mass is 276 g/mol. The molecule has 0 aliphatic carbocycles. The molecule has 0 amide bonds. The van der Waals surface area contributed by atoms with Crippen LogP contribution in [0.1, 0.15) is 0 Å². The Morgan fingerprint density at radius 2 is 2.12 bits per heavy atom. The molecule has 0 saturated carbocycles. The van der Waals surface area contributed by atoms with Gasteiger partial charge in [-0.15, -0.1) is 0 Å². The summed E-state index contributed by atoms with van der Waals surface area (Å²) in [5.41, 5.74) is 5.83. The van der Waals surface area contributed by atoms with E-state index in [1.54, 1.807) is 6.07 Å². The second-order valence-electron chi connectivity index (χ2n) is 4.05. The summed E-state index contributed by atoms with van der Waals surface area (Å²) in [4.78, 5) is 0.0291. The Morgan fingerprint density at radius 3 is 2.71 bits per heavy atom. The molecule has 0 radical (unpaired) electrons. The Morgan fingerprint density at radius 1 is 1.47 bits per heavy atom. The van der Waals surface area contributed by atoms with Crippen molar-refractivity contribution in [3.05, 3.63) is 23.2 Å². The average Bonchev–Trinajstić information content (AvgIpc) is 2.19. The van der Waals surface area contributed by atoms with Gasteiger partial charge in [0.25, 0.3) is 0 Å². The number of benzene rings is 1. The number of anilines is 1. The summed E-state index contributed by atoms with van der Waals surface area (Å²) < 4.78 is 25.6. The molecule has 1 aliphatic heterocycles. The van der Waals surface area contributed by atoms with Gasteiger partial charge in [0, 0.05) is 30.6 Å².